The van der Waals surface area contributed by atoms with Gasteiger partial charge in [0.2, 0.25) is 11.2 Å². The summed E-state index contributed by atoms with van der Waals surface area (Å²) in [6.07, 6.45) is 1.59. The molecule has 1 N–H and O–H groups in total. The Morgan fingerprint density at radius 3 is 2.94 bits per heavy atom. The second kappa shape index (κ2) is 5.65. The van der Waals surface area contributed by atoms with Gasteiger partial charge >= 0.3 is 0 Å². The summed E-state index contributed by atoms with van der Waals surface area (Å²) in [4.78, 5) is 21.1. The molecule has 0 spiro atoms. The molecule has 0 bridgehead atoms. The highest BCUT2D eigenvalue weighted by atomic mass is 35.5. The number of hydrogen-bond acceptors (Lipinski definition) is 4. The molecule has 0 radical (unpaired) electrons. The third kappa shape index (κ3) is 3.34. The fourth-order valence-electron chi connectivity index (χ4n) is 1.37. The first kappa shape index (κ1) is 12.7. The lowest BCUT2D eigenvalue weighted by Crippen LogP contribution is -2.34. The Morgan fingerprint density at radius 1 is 1.69 bits per heavy atom. The SMILES string of the molecule is CNC(=O)C(C)CN(C)c1ccnc(Cl)n1. The summed E-state index contributed by atoms with van der Waals surface area (Å²) in [5, 5.41) is 2.81. The fourth-order valence-corrected chi connectivity index (χ4v) is 1.52. The molecule has 0 fully saturated rings. The Bertz CT molecular complexity index is 372. The van der Waals surface area contributed by atoms with Crippen molar-refractivity contribution in [3.63, 3.8) is 0 Å². The van der Waals surface area contributed by atoms with E-state index >= 15 is 0 Å². The molecule has 1 atom stereocenters. The van der Waals surface area contributed by atoms with Gasteiger partial charge in [-0.25, -0.2) is 9.97 Å². The van der Waals surface area contributed by atoms with Gasteiger partial charge in [-0.15, -0.1) is 0 Å². The van der Waals surface area contributed by atoms with Gasteiger partial charge in [-0.1, -0.05) is 6.92 Å². The number of rotatable bonds is 4. The highest BCUT2D eigenvalue weighted by molar-refractivity contribution is 6.28. The molecule has 0 aliphatic heterocycles. The smallest absolute Gasteiger partial charge is 0.224 e. The molecule has 6 heteroatoms. The molecule has 0 aromatic carbocycles. The summed E-state index contributed by atoms with van der Waals surface area (Å²) in [5.41, 5.74) is 0. The maximum absolute atomic E-state index is 11.3. The molecule has 88 valence electrons. The number of carbonyl (C=O) groups excluding carboxylic acids is 1. The molecule has 1 unspecified atom stereocenters. The Hall–Kier alpha value is -1.36. The largest absolute Gasteiger partial charge is 0.359 e. The molecular formula is C10H15ClN4O. The summed E-state index contributed by atoms with van der Waals surface area (Å²) in [6, 6.07) is 1.75. The van der Waals surface area contributed by atoms with Crippen molar-refractivity contribution < 1.29 is 4.79 Å². The van der Waals surface area contributed by atoms with Crippen LogP contribution in [0.5, 0.6) is 0 Å². The summed E-state index contributed by atoms with van der Waals surface area (Å²) in [6.45, 7) is 2.44. The maximum atomic E-state index is 11.3. The third-order valence-corrected chi connectivity index (χ3v) is 2.43. The highest BCUT2D eigenvalue weighted by Crippen LogP contribution is 2.12. The molecule has 0 aliphatic rings. The first-order valence-corrected chi connectivity index (χ1v) is 5.33. The van der Waals surface area contributed by atoms with Crippen LogP contribution in [0.2, 0.25) is 5.28 Å². The molecule has 1 rings (SSSR count). The standard InChI is InChI=1S/C10H15ClN4O/c1-7(9(16)12-2)6-15(3)8-4-5-13-10(11)14-8/h4-5,7H,6H2,1-3H3,(H,12,16). The Labute approximate surface area is 99.8 Å². The molecule has 1 amide bonds. The average molecular weight is 243 g/mol. The van der Waals surface area contributed by atoms with Gasteiger partial charge in [0.25, 0.3) is 0 Å². The molecule has 1 heterocycles. The Morgan fingerprint density at radius 2 is 2.38 bits per heavy atom. The molecule has 1 aromatic rings. The van der Waals surface area contributed by atoms with E-state index in [0.29, 0.717) is 12.4 Å². The van der Waals surface area contributed by atoms with Crippen LogP contribution in [0.15, 0.2) is 12.3 Å². The minimum absolute atomic E-state index is 0.00648. The van der Waals surface area contributed by atoms with E-state index in [2.05, 4.69) is 15.3 Å². The third-order valence-electron chi connectivity index (χ3n) is 2.24. The monoisotopic (exact) mass is 242 g/mol. The van der Waals surface area contributed by atoms with Crippen LogP contribution in [0, 0.1) is 5.92 Å². The van der Waals surface area contributed by atoms with Crippen molar-refractivity contribution >= 4 is 23.3 Å². The molecule has 16 heavy (non-hydrogen) atoms. The Balaban J connectivity index is 2.65. The van der Waals surface area contributed by atoms with E-state index in [1.165, 1.54) is 0 Å². The predicted molar refractivity (Wildman–Crippen MR) is 63.5 cm³/mol. The zero-order chi connectivity index (χ0) is 12.1. The molecule has 0 aliphatic carbocycles. The van der Waals surface area contributed by atoms with E-state index in [9.17, 15) is 4.79 Å². The summed E-state index contributed by atoms with van der Waals surface area (Å²) >= 11 is 5.69. The van der Waals surface area contributed by atoms with Gasteiger partial charge in [0.05, 0.1) is 5.92 Å². The first-order valence-electron chi connectivity index (χ1n) is 4.96. The lowest BCUT2D eigenvalue weighted by Gasteiger charge is -2.21. The van der Waals surface area contributed by atoms with Crippen LogP contribution in [0.3, 0.4) is 0 Å². The minimum atomic E-state index is -0.108. The average Bonchev–Trinajstić information content (AvgIpc) is 2.27. The van der Waals surface area contributed by atoms with Crippen molar-refractivity contribution in [2.45, 2.75) is 6.92 Å². The summed E-state index contributed by atoms with van der Waals surface area (Å²) in [5.74, 6) is 0.603. The van der Waals surface area contributed by atoms with E-state index in [4.69, 9.17) is 11.6 Å². The predicted octanol–water partition coefficient (Wildman–Crippen LogP) is 0.948. The van der Waals surface area contributed by atoms with Gasteiger partial charge in [-0.2, -0.15) is 0 Å². The van der Waals surface area contributed by atoms with Crippen LogP contribution in [0.1, 0.15) is 6.92 Å². The van der Waals surface area contributed by atoms with Crippen LogP contribution in [-0.2, 0) is 4.79 Å². The van der Waals surface area contributed by atoms with E-state index in [-0.39, 0.29) is 17.1 Å². The number of halogens is 1. The van der Waals surface area contributed by atoms with Crippen LogP contribution >= 0.6 is 11.6 Å². The number of anilines is 1. The van der Waals surface area contributed by atoms with Gasteiger partial charge in [-0.05, 0) is 17.7 Å². The topological polar surface area (TPSA) is 58.1 Å². The quantitative estimate of drug-likeness (QED) is 0.799. The maximum Gasteiger partial charge on any atom is 0.224 e. The second-order valence-electron chi connectivity index (χ2n) is 3.58. The number of aromatic nitrogens is 2. The number of amides is 1. The summed E-state index contributed by atoms with van der Waals surface area (Å²) in [7, 11) is 3.48. The van der Waals surface area contributed by atoms with E-state index in [1.807, 2.05) is 18.9 Å². The second-order valence-corrected chi connectivity index (χ2v) is 3.92. The fraction of sp³-hybridized carbons (Fsp3) is 0.500. The van der Waals surface area contributed by atoms with Gasteiger partial charge in [0, 0.05) is 26.8 Å². The van der Waals surface area contributed by atoms with Crippen molar-refractivity contribution in [2.24, 2.45) is 5.92 Å². The van der Waals surface area contributed by atoms with Crippen molar-refractivity contribution in [2.75, 3.05) is 25.5 Å². The van der Waals surface area contributed by atoms with Crippen molar-refractivity contribution in [3.05, 3.63) is 17.5 Å². The Kier molecular flexibility index (Phi) is 4.49. The number of hydrogen-bond donors (Lipinski definition) is 1. The normalized spacial score (nSPS) is 12.0. The molecule has 0 saturated carbocycles. The number of nitrogens with zero attached hydrogens (tertiary/aromatic N) is 3. The van der Waals surface area contributed by atoms with Gasteiger partial charge < -0.3 is 10.2 Å². The van der Waals surface area contributed by atoms with Crippen LogP contribution in [-0.4, -0.2) is 36.5 Å². The molecule has 5 nitrogen and oxygen atoms in total. The van der Waals surface area contributed by atoms with Gasteiger partial charge in [0.1, 0.15) is 5.82 Å². The van der Waals surface area contributed by atoms with E-state index in [1.54, 1.807) is 19.3 Å². The van der Waals surface area contributed by atoms with Crippen molar-refractivity contribution in [1.29, 1.82) is 0 Å². The number of carbonyl (C=O) groups is 1. The zero-order valence-corrected chi connectivity index (χ0v) is 10.3. The lowest BCUT2D eigenvalue weighted by molar-refractivity contribution is -0.123. The number of nitrogens with one attached hydrogen (secondary N) is 1. The van der Waals surface area contributed by atoms with E-state index in [0.717, 1.165) is 0 Å². The van der Waals surface area contributed by atoms with Gasteiger partial charge in [0.15, 0.2) is 0 Å². The van der Waals surface area contributed by atoms with Crippen molar-refractivity contribution in [3.8, 4) is 0 Å². The van der Waals surface area contributed by atoms with E-state index < -0.39 is 0 Å². The van der Waals surface area contributed by atoms with Crippen LogP contribution in [0.25, 0.3) is 0 Å². The molecule has 0 saturated heterocycles. The first-order chi connectivity index (χ1) is 7.54. The highest BCUT2D eigenvalue weighted by Gasteiger charge is 2.14. The van der Waals surface area contributed by atoms with Crippen LogP contribution in [0.4, 0.5) is 5.82 Å². The molecular weight excluding hydrogens is 228 g/mol. The van der Waals surface area contributed by atoms with Crippen LogP contribution < -0.4 is 10.2 Å². The lowest BCUT2D eigenvalue weighted by atomic mass is 10.1. The summed E-state index contributed by atoms with van der Waals surface area (Å²) < 4.78 is 0. The van der Waals surface area contributed by atoms with Crippen molar-refractivity contribution in [1.82, 2.24) is 15.3 Å². The molecule has 1 aromatic heterocycles. The van der Waals surface area contributed by atoms with Gasteiger partial charge in [-0.3, -0.25) is 4.79 Å². The zero-order valence-electron chi connectivity index (χ0n) is 9.57. The minimum Gasteiger partial charge on any atom is -0.359 e.